The highest BCUT2D eigenvalue weighted by Crippen LogP contribution is 2.24. The maximum Gasteiger partial charge on any atom is 0.119 e. The summed E-state index contributed by atoms with van der Waals surface area (Å²) in [6.07, 6.45) is 1.11. The third-order valence-electron chi connectivity index (χ3n) is 3.75. The number of fused-ring (bicyclic) bond motifs is 1. The molecule has 3 rings (SSSR count). The lowest BCUT2D eigenvalue weighted by molar-refractivity contribution is 0.245. The first-order chi connectivity index (χ1) is 9.35. The van der Waals surface area contributed by atoms with Crippen LogP contribution in [-0.4, -0.2) is 18.6 Å². The van der Waals surface area contributed by atoms with Gasteiger partial charge in [0.25, 0.3) is 0 Å². The van der Waals surface area contributed by atoms with Gasteiger partial charge in [-0.2, -0.15) is 0 Å². The summed E-state index contributed by atoms with van der Waals surface area (Å²) in [5.74, 6) is 0.968. The molecule has 0 saturated carbocycles. The number of ether oxygens (including phenoxy) is 1. The van der Waals surface area contributed by atoms with E-state index in [1.807, 2.05) is 0 Å². The zero-order valence-electron chi connectivity index (χ0n) is 11.3. The predicted octanol–water partition coefficient (Wildman–Crippen LogP) is 3.25. The van der Waals surface area contributed by atoms with Gasteiger partial charge in [-0.05, 0) is 35.2 Å². The molecule has 2 aromatic rings. The lowest BCUT2D eigenvalue weighted by Gasteiger charge is -2.29. The summed E-state index contributed by atoms with van der Waals surface area (Å²) in [6, 6.07) is 17.1. The van der Waals surface area contributed by atoms with Crippen LogP contribution >= 0.6 is 0 Å². The lowest BCUT2D eigenvalue weighted by atomic mass is 9.99. The highest BCUT2D eigenvalue weighted by Gasteiger charge is 2.16. The second-order valence-electron chi connectivity index (χ2n) is 5.08. The van der Waals surface area contributed by atoms with Gasteiger partial charge in [0.05, 0.1) is 7.11 Å². The maximum atomic E-state index is 5.29. The van der Waals surface area contributed by atoms with E-state index in [0.717, 1.165) is 31.8 Å². The van der Waals surface area contributed by atoms with Crippen LogP contribution in [0, 0.1) is 0 Å². The minimum absolute atomic E-state index is 0.968. The molecular weight excluding hydrogens is 234 g/mol. The van der Waals surface area contributed by atoms with Gasteiger partial charge in [0, 0.05) is 19.6 Å². The Kier molecular flexibility index (Phi) is 3.51. The standard InChI is InChI=1S/C17H19NO/c1-19-17-8-7-16-13-18(10-9-15(16)11-17)12-14-5-3-2-4-6-14/h2-8,11H,9-10,12-13H2,1H3. The summed E-state index contributed by atoms with van der Waals surface area (Å²) >= 11 is 0. The summed E-state index contributed by atoms with van der Waals surface area (Å²) in [6.45, 7) is 3.19. The molecule has 1 heterocycles. The molecule has 0 spiro atoms. The van der Waals surface area contributed by atoms with E-state index >= 15 is 0 Å². The average molecular weight is 253 g/mol. The highest BCUT2D eigenvalue weighted by molar-refractivity contribution is 5.37. The van der Waals surface area contributed by atoms with Gasteiger partial charge in [-0.25, -0.2) is 0 Å². The third-order valence-corrected chi connectivity index (χ3v) is 3.75. The van der Waals surface area contributed by atoms with E-state index in [1.165, 1.54) is 16.7 Å². The summed E-state index contributed by atoms with van der Waals surface area (Å²) in [4.78, 5) is 2.50. The van der Waals surface area contributed by atoms with Crippen molar-refractivity contribution < 1.29 is 4.74 Å². The average Bonchev–Trinajstić information content (AvgIpc) is 2.48. The number of nitrogens with zero attached hydrogens (tertiary/aromatic N) is 1. The Morgan fingerprint density at radius 2 is 1.89 bits per heavy atom. The first-order valence-electron chi connectivity index (χ1n) is 6.77. The summed E-state index contributed by atoms with van der Waals surface area (Å²) < 4.78 is 5.29. The maximum absolute atomic E-state index is 5.29. The molecule has 1 aliphatic heterocycles. The van der Waals surface area contributed by atoms with Crippen molar-refractivity contribution in [1.82, 2.24) is 4.90 Å². The molecule has 0 atom stereocenters. The van der Waals surface area contributed by atoms with E-state index in [0.29, 0.717) is 0 Å². The molecule has 0 N–H and O–H groups in total. The van der Waals surface area contributed by atoms with Crippen LogP contribution in [0.25, 0.3) is 0 Å². The van der Waals surface area contributed by atoms with Gasteiger partial charge in [-0.1, -0.05) is 36.4 Å². The Morgan fingerprint density at radius 1 is 1.05 bits per heavy atom. The molecular formula is C17H19NO. The molecule has 0 unspecified atom stereocenters. The van der Waals surface area contributed by atoms with Crippen molar-refractivity contribution in [3.63, 3.8) is 0 Å². The van der Waals surface area contributed by atoms with Crippen molar-refractivity contribution >= 4 is 0 Å². The molecule has 0 bridgehead atoms. The molecule has 0 aliphatic carbocycles. The Hall–Kier alpha value is -1.80. The van der Waals surface area contributed by atoms with Crippen LogP contribution in [0.5, 0.6) is 5.75 Å². The second kappa shape index (κ2) is 5.45. The van der Waals surface area contributed by atoms with Crippen molar-refractivity contribution in [2.75, 3.05) is 13.7 Å². The molecule has 1 aliphatic rings. The van der Waals surface area contributed by atoms with E-state index in [1.54, 1.807) is 7.11 Å². The Morgan fingerprint density at radius 3 is 2.68 bits per heavy atom. The fourth-order valence-corrected chi connectivity index (χ4v) is 2.69. The van der Waals surface area contributed by atoms with Crippen molar-refractivity contribution in [2.24, 2.45) is 0 Å². The van der Waals surface area contributed by atoms with Gasteiger partial charge >= 0.3 is 0 Å². The largest absolute Gasteiger partial charge is 0.497 e. The summed E-state index contributed by atoms with van der Waals surface area (Å²) in [7, 11) is 1.73. The first kappa shape index (κ1) is 12.2. The molecule has 98 valence electrons. The SMILES string of the molecule is COc1ccc2c(c1)CCN(Cc1ccccc1)C2. The molecule has 2 heteroatoms. The number of hydrogen-bond donors (Lipinski definition) is 0. The number of methoxy groups -OCH3 is 1. The minimum atomic E-state index is 0.968. The van der Waals surface area contributed by atoms with Crippen LogP contribution in [0.4, 0.5) is 0 Å². The van der Waals surface area contributed by atoms with Crippen molar-refractivity contribution in [3.8, 4) is 5.75 Å². The van der Waals surface area contributed by atoms with Crippen molar-refractivity contribution in [2.45, 2.75) is 19.5 Å². The Balaban J connectivity index is 1.72. The molecule has 0 radical (unpaired) electrons. The smallest absolute Gasteiger partial charge is 0.119 e. The zero-order valence-corrected chi connectivity index (χ0v) is 11.3. The van der Waals surface area contributed by atoms with Gasteiger partial charge < -0.3 is 4.74 Å². The molecule has 2 nitrogen and oxygen atoms in total. The normalized spacial score (nSPS) is 15.0. The van der Waals surface area contributed by atoms with Crippen molar-refractivity contribution in [3.05, 3.63) is 65.2 Å². The van der Waals surface area contributed by atoms with E-state index in [-0.39, 0.29) is 0 Å². The van der Waals surface area contributed by atoms with Gasteiger partial charge in [0.1, 0.15) is 5.75 Å². The monoisotopic (exact) mass is 253 g/mol. The van der Waals surface area contributed by atoms with E-state index in [9.17, 15) is 0 Å². The summed E-state index contributed by atoms with van der Waals surface area (Å²) in [5.41, 5.74) is 4.26. The van der Waals surface area contributed by atoms with E-state index in [4.69, 9.17) is 4.74 Å². The predicted molar refractivity (Wildman–Crippen MR) is 77.3 cm³/mol. The van der Waals surface area contributed by atoms with Gasteiger partial charge in [0.15, 0.2) is 0 Å². The molecule has 0 saturated heterocycles. The van der Waals surface area contributed by atoms with Crippen LogP contribution in [0.15, 0.2) is 48.5 Å². The molecule has 2 aromatic carbocycles. The van der Waals surface area contributed by atoms with Crippen LogP contribution in [0.2, 0.25) is 0 Å². The van der Waals surface area contributed by atoms with Gasteiger partial charge in [-0.3, -0.25) is 4.90 Å². The van der Waals surface area contributed by atoms with Crippen LogP contribution in [0.1, 0.15) is 16.7 Å². The number of hydrogen-bond acceptors (Lipinski definition) is 2. The van der Waals surface area contributed by atoms with Crippen LogP contribution in [-0.2, 0) is 19.5 Å². The number of rotatable bonds is 3. The fraction of sp³-hybridized carbons (Fsp3) is 0.294. The topological polar surface area (TPSA) is 12.5 Å². The zero-order chi connectivity index (χ0) is 13.1. The highest BCUT2D eigenvalue weighted by atomic mass is 16.5. The van der Waals surface area contributed by atoms with Crippen molar-refractivity contribution in [1.29, 1.82) is 0 Å². The third kappa shape index (κ3) is 2.79. The van der Waals surface area contributed by atoms with Crippen LogP contribution in [0.3, 0.4) is 0 Å². The first-order valence-corrected chi connectivity index (χ1v) is 6.77. The minimum Gasteiger partial charge on any atom is -0.497 e. The lowest BCUT2D eigenvalue weighted by Crippen LogP contribution is -2.29. The molecule has 0 aromatic heterocycles. The van der Waals surface area contributed by atoms with E-state index < -0.39 is 0 Å². The Bertz CT molecular complexity index is 550. The van der Waals surface area contributed by atoms with E-state index in [2.05, 4.69) is 53.4 Å². The molecule has 0 fully saturated rings. The fourth-order valence-electron chi connectivity index (χ4n) is 2.69. The second-order valence-corrected chi connectivity index (χ2v) is 5.08. The van der Waals surface area contributed by atoms with Crippen LogP contribution < -0.4 is 4.74 Å². The molecule has 0 amide bonds. The quantitative estimate of drug-likeness (QED) is 0.832. The van der Waals surface area contributed by atoms with Gasteiger partial charge in [-0.15, -0.1) is 0 Å². The summed E-state index contributed by atoms with van der Waals surface area (Å²) in [5, 5.41) is 0. The molecule has 19 heavy (non-hydrogen) atoms. The Labute approximate surface area is 114 Å². The number of benzene rings is 2. The van der Waals surface area contributed by atoms with Gasteiger partial charge in [0.2, 0.25) is 0 Å².